The molecule has 1 unspecified atom stereocenters. The van der Waals surface area contributed by atoms with Crippen LogP contribution in [0.5, 0.6) is 5.75 Å². The predicted octanol–water partition coefficient (Wildman–Crippen LogP) is 3.51. The van der Waals surface area contributed by atoms with Gasteiger partial charge in [-0.1, -0.05) is 40.2 Å². The van der Waals surface area contributed by atoms with E-state index in [0.717, 1.165) is 10.0 Å². The van der Waals surface area contributed by atoms with Crippen LogP contribution in [0, 0.1) is 0 Å². The first kappa shape index (κ1) is 17.2. The lowest BCUT2D eigenvalue weighted by Gasteiger charge is -2.21. The van der Waals surface area contributed by atoms with E-state index >= 15 is 0 Å². The highest BCUT2D eigenvalue weighted by Crippen LogP contribution is 2.38. The van der Waals surface area contributed by atoms with Crippen molar-refractivity contribution in [3.05, 3.63) is 69.7 Å². The minimum Gasteiger partial charge on any atom is -0.507 e. The van der Waals surface area contributed by atoms with E-state index in [1.165, 1.54) is 4.90 Å². The Kier molecular flexibility index (Phi) is 4.63. The summed E-state index contributed by atoms with van der Waals surface area (Å²) in [4.78, 5) is 26.0. The van der Waals surface area contributed by atoms with Crippen molar-refractivity contribution >= 4 is 33.4 Å². The van der Waals surface area contributed by atoms with E-state index in [1.807, 2.05) is 0 Å². The van der Waals surface area contributed by atoms with Crippen LogP contribution in [0.4, 0.5) is 0 Å². The van der Waals surface area contributed by atoms with Crippen LogP contribution in [0.3, 0.4) is 0 Å². The molecule has 1 atom stereocenters. The molecule has 1 saturated heterocycles. The minimum atomic E-state index is -0.691. The maximum Gasteiger partial charge on any atom is 0.295 e. The Bertz CT molecular complexity index is 856. The van der Waals surface area contributed by atoms with Crippen LogP contribution in [-0.4, -0.2) is 35.9 Å². The summed E-state index contributed by atoms with van der Waals surface area (Å²) in [5.74, 6) is -0.844. The van der Waals surface area contributed by atoms with Crippen LogP contribution in [0.2, 0.25) is 0 Å². The first-order valence-corrected chi connectivity index (χ1v) is 8.38. The van der Waals surface area contributed by atoms with E-state index in [-0.39, 0.29) is 11.3 Å². The largest absolute Gasteiger partial charge is 0.507 e. The smallest absolute Gasteiger partial charge is 0.295 e. The fourth-order valence-electron chi connectivity index (χ4n) is 2.89. The standard InChI is InChI=1S/C19H16BrNO4/c1-21-16(11-5-9-14(25-2)10-6-11)15(18(23)19(21)24)17(22)12-3-7-13(20)8-4-12/h3-10,16,22H,1-2H3/b17-15+. The van der Waals surface area contributed by atoms with Crippen LogP contribution in [0.25, 0.3) is 5.76 Å². The molecule has 0 radical (unpaired) electrons. The lowest BCUT2D eigenvalue weighted by Crippen LogP contribution is -2.24. The average molecular weight is 402 g/mol. The Hall–Kier alpha value is -2.60. The summed E-state index contributed by atoms with van der Waals surface area (Å²) < 4.78 is 6.00. The molecule has 5 nitrogen and oxygen atoms in total. The Morgan fingerprint density at radius 1 is 1.08 bits per heavy atom. The molecule has 128 valence electrons. The van der Waals surface area contributed by atoms with Crippen molar-refractivity contribution in [2.45, 2.75) is 6.04 Å². The summed E-state index contributed by atoms with van der Waals surface area (Å²) in [6.07, 6.45) is 0. The number of ether oxygens (including phenoxy) is 1. The number of carbonyl (C=O) groups is 2. The van der Waals surface area contributed by atoms with Crippen LogP contribution in [-0.2, 0) is 9.59 Å². The zero-order valence-corrected chi connectivity index (χ0v) is 15.3. The molecule has 0 spiro atoms. The Balaban J connectivity index is 2.13. The van der Waals surface area contributed by atoms with Crippen molar-refractivity contribution < 1.29 is 19.4 Å². The molecule has 0 aromatic heterocycles. The summed E-state index contributed by atoms with van der Waals surface area (Å²) in [5.41, 5.74) is 1.29. The first-order chi connectivity index (χ1) is 11.9. The Labute approximate surface area is 153 Å². The molecular formula is C19H16BrNO4. The second-order valence-electron chi connectivity index (χ2n) is 5.69. The topological polar surface area (TPSA) is 66.8 Å². The molecule has 1 N–H and O–H groups in total. The van der Waals surface area contributed by atoms with Crippen LogP contribution in [0.15, 0.2) is 58.6 Å². The molecule has 1 amide bonds. The highest BCUT2D eigenvalue weighted by molar-refractivity contribution is 9.10. The van der Waals surface area contributed by atoms with Crippen LogP contribution >= 0.6 is 15.9 Å². The number of carbonyl (C=O) groups excluding carboxylic acids is 2. The number of halogens is 1. The molecular weight excluding hydrogens is 386 g/mol. The van der Waals surface area contributed by atoms with Gasteiger partial charge >= 0.3 is 0 Å². The van der Waals surface area contributed by atoms with Gasteiger partial charge < -0.3 is 14.7 Å². The Morgan fingerprint density at radius 3 is 2.24 bits per heavy atom. The molecule has 2 aromatic rings. The molecule has 2 aromatic carbocycles. The third-order valence-electron chi connectivity index (χ3n) is 4.22. The van der Waals surface area contributed by atoms with Gasteiger partial charge in [0.1, 0.15) is 11.5 Å². The van der Waals surface area contributed by atoms with Gasteiger partial charge in [-0.3, -0.25) is 9.59 Å². The molecule has 0 aliphatic carbocycles. The summed E-state index contributed by atoms with van der Waals surface area (Å²) >= 11 is 3.33. The van der Waals surface area contributed by atoms with Crippen LogP contribution < -0.4 is 4.74 Å². The van der Waals surface area contributed by atoms with E-state index in [1.54, 1.807) is 62.7 Å². The van der Waals surface area contributed by atoms with Gasteiger partial charge in [-0.15, -0.1) is 0 Å². The van der Waals surface area contributed by atoms with Gasteiger partial charge in [-0.05, 0) is 29.8 Å². The number of benzene rings is 2. The van der Waals surface area contributed by atoms with E-state index < -0.39 is 17.7 Å². The van der Waals surface area contributed by atoms with Crippen LogP contribution in [0.1, 0.15) is 17.2 Å². The first-order valence-electron chi connectivity index (χ1n) is 7.58. The van der Waals surface area contributed by atoms with Gasteiger partial charge in [0.25, 0.3) is 11.7 Å². The summed E-state index contributed by atoms with van der Waals surface area (Å²) in [7, 11) is 3.12. The molecule has 1 fully saturated rings. The van der Waals surface area contributed by atoms with Gasteiger partial charge in [-0.2, -0.15) is 0 Å². The number of rotatable bonds is 3. The second kappa shape index (κ2) is 6.72. The minimum absolute atomic E-state index is 0.0833. The van der Waals surface area contributed by atoms with Crippen molar-refractivity contribution in [2.24, 2.45) is 0 Å². The zero-order valence-electron chi connectivity index (χ0n) is 13.7. The molecule has 1 aliphatic rings. The van der Waals surface area contributed by atoms with Gasteiger partial charge in [0.05, 0.1) is 18.7 Å². The number of aliphatic hydroxyl groups excluding tert-OH is 1. The molecule has 3 rings (SSSR count). The molecule has 25 heavy (non-hydrogen) atoms. The number of hydrogen-bond donors (Lipinski definition) is 1. The third kappa shape index (κ3) is 3.05. The zero-order chi connectivity index (χ0) is 18.1. The van der Waals surface area contributed by atoms with Crippen molar-refractivity contribution in [1.29, 1.82) is 0 Å². The van der Waals surface area contributed by atoms with Crippen molar-refractivity contribution in [2.75, 3.05) is 14.2 Å². The van der Waals surface area contributed by atoms with Crippen molar-refractivity contribution in [3.8, 4) is 5.75 Å². The van der Waals surface area contributed by atoms with Gasteiger partial charge in [0.2, 0.25) is 0 Å². The number of likely N-dealkylation sites (N-methyl/N-ethyl adjacent to an activating group) is 1. The lowest BCUT2D eigenvalue weighted by molar-refractivity contribution is -0.139. The number of amides is 1. The second-order valence-corrected chi connectivity index (χ2v) is 6.61. The number of likely N-dealkylation sites (tertiary alicyclic amines) is 1. The van der Waals surface area contributed by atoms with Gasteiger partial charge in [-0.25, -0.2) is 0 Å². The Morgan fingerprint density at radius 2 is 1.68 bits per heavy atom. The van der Waals surface area contributed by atoms with E-state index in [4.69, 9.17) is 4.74 Å². The monoisotopic (exact) mass is 401 g/mol. The normalized spacial score (nSPS) is 19.3. The number of ketones is 1. The number of nitrogens with zero attached hydrogens (tertiary/aromatic N) is 1. The summed E-state index contributed by atoms with van der Waals surface area (Å²) in [6, 6.07) is 13.3. The number of hydrogen-bond acceptors (Lipinski definition) is 4. The molecule has 0 saturated carbocycles. The summed E-state index contributed by atoms with van der Waals surface area (Å²) in [5, 5.41) is 10.7. The molecule has 0 bridgehead atoms. The SMILES string of the molecule is COc1ccc(C2/C(=C(\O)c3ccc(Br)cc3)C(=O)C(=O)N2C)cc1. The lowest BCUT2D eigenvalue weighted by atomic mass is 9.95. The quantitative estimate of drug-likeness (QED) is 0.485. The molecule has 6 heteroatoms. The van der Waals surface area contributed by atoms with Gasteiger partial charge in [0, 0.05) is 17.1 Å². The number of methoxy groups -OCH3 is 1. The number of aliphatic hydroxyl groups is 1. The highest BCUT2D eigenvalue weighted by atomic mass is 79.9. The van der Waals surface area contributed by atoms with Crippen molar-refractivity contribution in [1.82, 2.24) is 4.90 Å². The summed E-state index contributed by atoms with van der Waals surface area (Å²) in [6.45, 7) is 0. The van der Waals surface area contributed by atoms with E-state index in [0.29, 0.717) is 11.3 Å². The maximum absolute atomic E-state index is 12.5. The van der Waals surface area contributed by atoms with Gasteiger partial charge in [0.15, 0.2) is 0 Å². The third-order valence-corrected chi connectivity index (χ3v) is 4.75. The number of Topliss-reactive ketones (excluding diaryl/α,β-unsaturated/α-hetero) is 1. The predicted molar refractivity (Wildman–Crippen MR) is 97.2 cm³/mol. The average Bonchev–Trinajstić information content (AvgIpc) is 2.86. The fraction of sp³-hybridized carbons (Fsp3) is 0.158. The maximum atomic E-state index is 12.5. The molecule has 1 aliphatic heterocycles. The highest BCUT2D eigenvalue weighted by Gasteiger charge is 2.44. The fourth-order valence-corrected chi connectivity index (χ4v) is 3.15. The van der Waals surface area contributed by atoms with E-state index in [9.17, 15) is 14.7 Å². The molecule has 1 heterocycles. The van der Waals surface area contributed by atoms with E-state index in [2.05, 4.69) is 15.9 Å². The van der Waals surface area contributed by atoms with Crippen molar-refractivity contribution in [3.63, 3.8) is 0 Å².